The highest BCUT2D eigenvalue weighted by atomic mass is 35.5. The van der Waals surface area contributed by atoms with Crippen molar-refractivity contribution in [2.45, 2.75) is 19.3 Å². The predicted octanol–water partition coefficient (Wildman–Crippen LogP) is 2.07. The van der Waals surface area contributed by atoms with E-state index in [0.717, 1.165) is 31.4 Å². The molecule has 0 amide bonds. The van der Waals surface area contributed by atoms with Crippen molar-refractivity contribution in [1.29, 1.82) is 0 Å². The molecule has 1 nitrogen and oxygen atoms in total. The van der Waals surface area contributed by atoms with Gasteiger partial charge in [-0.25, -0.2) is 0 Å². The Balaban J connectivity index is 0.00000225. The molecule has 0 unspecified atom stereocenters. The van der Waals surface area contributed by atoms with Crippen molar-refractivity contribution in [2.75, 3.05) is 12.8 Å². The maximum atomic E-state index is 6.21. The predicted molar refractivity (Wildman–Crippen MR) is 118 cm³/mol. The maximum absolute atomic E-state index is 6.21. The molecule has 3 heteroatoms. The van der Waals surface area contributed by atoms with Crippen LogP contribution in [0.25, 0.3) is 0 Å². The lowest BCUT2D eigenvalue weighted by Gasteiger charge is -2.28. The molecule has 0 atom stereocenters. The summed E-state index contributed by atoms with van der Waals surface area (Å²) in [4.78, 5) is 0. The van der Waals surface area contributed by atoms with E-state index in [1.165, 1.54) is 22.3 Å². The molecule has 0 radical (unpaired) electrons. The van der Waals surface area contributed by atoms with Crippen molar-refractivity contribution in [1.82, 2.24) is 0 Å². The van der Waals surface area contributed by atoms with Gasteiger partial charge in [-0.05, 0) is 61.7 Å². The van der Waals surface area contributed by atoms with E-state index in [0.29, 0.717) is 0 Å². The van der Waals surface area contributed by atoms with E-state index in [4.69, 9.17) is 4.74 Å². The number of hydrogen-bond donors (Lipinski definition) is 0. The van der Waals surface area contributed by atoms with E-state index < -0.39 is 7.26 Å². The van der Waals surface area contributed by atoms with Crippen LogP contribution in [0.5, 0.6) is 0 Å². The van der Waals surface area contributed by atoms with Crippen LogP contribution in [0.15, 0.2) is 103 Å². The first-order valence-corrected chi connectivity index (χ1v) is 11.7. The van der Waals surface area contributed by atoms with Crippen molar-refractivity contribution in [3.05, 3.63) is 103 Å². The molecule has 0 aliphatic carbocycles. The quantitative estimate of drug-likeness (QED) is 0.587. The SMILES string of the molecule is C1=C(C[P+](c2ccccc2)(c2ccccc2)c2ccccc2)OCCCC1.[Cl-]. The van der Waals surface area contributed by atoms with Gasteiger partial charge in [0.25, 0.3) is 0 Å². The molecule has 1 aliphatic heterocycles. The van der Waals surface area contributed by atoms with E-state index in [2.05, 4.69) is 97.1 Å². The van der Waals surface area contributed by atoms with Gasteiger partial charge in [0.05, 0.1) is 6.61 Å². The van der Waals surface area contributed by atoms with E-state index in [1.807, 2.05) is 0 Å². The molecule has 1 heterocycles. The Morgan fingerprint density at radius 1 is 0.643 bits per heavy atom. The first-order valence-electron chi connectivity index (χ1n) is 9.76. The zero-order chi connectivity index (χ0) is 18.4. The fourth-order valence-corrected chi connectivity index (χ4v) is 8.06. The maximum Gasteiger partial charge on any atom is 0.130 e. The van der Waals surface area contributed by atoms with Crippen LogP contribution < -0.4 is 28.3 Å². The second-order valence-corrected chi connectivity index (χ2v) is 10.5. The third kappa shape index (κ3) is 4.32. The van der Waals surface area contributed by atoms with Crippen LogP contribution >= 0.6 is 7.26 Å². The monoisotopic (exact) mass is 408 g/mol. The average Bonchev–Trinajstić information content (AvgIpc) is 3.02. The molecule has 4 rings (SSSR count). The van der Waals surface area contributed by atoms with Crippen LogP contribution in [-0.2, 0) is 4.74 Å². The first kappa shape index (κ1) is 20.6. The molecule has 0 spiro atoms. The molecule has 3 aromatic carbocycles. The van der Waals surface area contributed by atoms with Crippen LogP contribution in [0.4, 0.5) is 0 Å². The molecule has 0 saturated heterocycles. The van der Waals surface area contributed by atoms with Crippen molar-refractivity contribution >= 4 is 23.2 Å². The molecule has 0 saturated carbocycles. The summed E-state index contributed by atoms with van der Waals surface area (Å²) in [6.45, 7) is 0.838. The van der Waals surface area contributed by atoms with Crippen molar-refractivity contribution in [3.63, 3.8) is 0 Å². The summed E-state index contributed by atoms with van der Waals surface area (Å²) in [6, 6.07) is 33.1. The van der Waals surface area contributed by atoms with Gasteiger partial charge in [-0.15, -0.1) is 0 Å². The van der Waals surface area contributed by atoms with E-state index in [-0.39, 0.29) is 12.4 Å². The normalized spacial score (nSPS) is 14.2. The van der Waals surface area contributed by atoms with Crippen molar-refractivity contribution in [3.8, 4) is 0 Å². The lowest BCUT2D eigenvalue weighted by atomic mass is 10.2. The number of allylic oxidation sites excluding steroid dienone is 2. The first-order chi connectivity index (χ1) is 13.4. The van der Waals surface area contributed by atoms with Gasteiger partial charge in [-0.2, -0.15) is 0 Å². The molecule has 0 bridgehead atoms. The summed E-state index contributed by atoms with van der Waals surface area (Å²) in [5.74, 6) is 1.16. The van der Waals surface area contributed by atoms with Crippen LogP contribution in [0, 0.1) is 0 Å². The minimum atomic E-state index is -1.83. The summed E-state index contributed by atoms with van der Waals surface area (Å²) in [5.41, 5.74) is 0. The Morgan fingerprint density at radius 2 is 1.11 bits per heavy atom. The highest BCUT2D eigenvalue weighted by Gasteiger charge is 2.46. The second-order valence-electron chi connectivity index (χ2n) is 6.99. The van der Waals surface area contributed by atoms with Crippen LogP contribution in [0.2, 0.25) is 0 Å². The summed E-state index contributed by atoms with van der Waals surface area (Å²) >= 11 is 0. The topological polar surface area (TPSA) is 9.23 Å². The number of ether oxygens (including phenoxy) is 1. The van der Waals surface area contributed by atoms with Gasteiger partial charge < -0.3 is 17.1 Å². The zero-order valence-corrected chi connectivity index (χ0v) is 17.7. The van der Waals surface area contributed by atoms with E-state index in [1.54, 1.807) is 0 Å². The van der Waals surface area contributed by atoms with Gasteiger partial charge in [0.2, 0.25) is 0 Å². The van der Waals surface area contributed by atoms with Gasteiger partial charge in [0.1, 0.15) is 35.1 Å². The number of rotatable bonds is 5. The summed E-state index contributed by atoms with van der Waals surface area (Å²) in [5, 5.41) is 4.24. The fourth-order valence-electron chi connectivity index (χ4n) is 3.88. The van der Waals surface area contributed by atoms with Gasteiger partial charge >= 0.3 is 0 Å². The molecule has 0 fully saturated rings. The highest BCUT2D eigenvalue weighted by Crippen LogP contribution is 2.56. The van der Waals surface area contributed by atoms with Crippen LogP contribution in [-0.4, -0.2) is 12.8 Å². The lowest BCUT2D eigenvalue weighted by Crippen LogP contribution is -3.00. The largest absolute Gasteiger partial charge is 1.00 e. The molecular formula is C25H26ClOP. The fraction of sp³-hybridized carbons (Fsp3) is 0.200. The Morgan fingerprint density at radius 3 is 1.57 bits per heavy atom. The molecule has 0 aromatic heterocycles. The second kappa shape index (κ2) is 9.92. The van der Waals surface area contributed by atoms with Gasteiger partial charge in [0, 0.05) is 0 Å². The smallest absolute Gasteiger partial charge is 0.130 e. The van der Waals surface area contributed by atoms with Gasteiger partial charge in [-0.1, -0.05) is 54.6 Å². The lowest BCUT2D eigenvalue weighted by molar-refractivity contribution is -0.00000606. The Bertz CT molecular complexity index is 782. The number of halogens is 1. The molecule has 3 aromatic rings. The molecule has 0 N–H and O–H groups in total. The van der Waals surface area contributed by atoms with Gasteiger partial charge in [0.15, 0.2) is 0 Å². The highest BCUT2D eigenvalue weighted by molar-refractivity contribution is 7.95. The summed E-state index contributed by atoms with van der Waals surface area (Å²) in [6.07, 6.45) is 6.76. The van der Waals surface area contributed by atoms with Crippen LogP contribution in [0.3, 0.4) is 0 Å². The van der Waals surface area contributed by atoms with E-state index in [9.17, 15) is 0 Å². The van der Waals surface area contributed by atoms with Gasteiger partial charge in [-0.3, -0.25) is 0 Å². The third-order valence-electron chi connectivity index (χ3n) is 5.24. The minimum absolute atomic E-state index is 0. The third-order valence-corrected chi connectivity index (χ3v) is 9.57. The van der Waals surface area contributed by atoms with Crippen LogP contribution in [0.1, 0.15) is 19.3 Å². The number of benzene rings is 3. The van der Waals surface area contributed by atoms with Crippen molar-refractivity contribution < 1.29 is 17.1 Å². The van der Waals surface area contributed by atoms with Crippen molar-refractivity contribution in [2.24, 2.45) is 0 Å². The summed E-state index contributed by atoms with van der Waals surface area (Å²) < 4.78 is 6.21. The average molecular weight is 409 g/mol. The van der Waals surface area contributed by atoms with E-state index >= 15 is 0 Å². The molecular weight excluding hydrogens is 383 g/mol. The Kier molecular flexibility index (Phi) is 7.31. The molecule has 28 heavy (non-hydrogen) atoms. The Hall–Kier alpha value is -2.08. The molecule has 144 valence electrons. The Labute approximate surface area is 175 Å². The summed E-state index contributed by atoms with van der Waals surface area (Å²) in [7, 11) is -1.83. The zero-order valence-electron chi connectivity index (χ0n) is 16.0. The standard InChI is InChI=1S/C25H26OP.ClH/c1-6-14-23(15-7-1)27(24-16-8-2-9-17-24,25-18-10-3-11-19-25)21-22-13-5-4-12-20-26-22;/h1-3,6-11,13-19H,4-5,12,20-21H2;1H/q+1;/p-1. The minimum Gasteiger partial charge on any atom is -1.00 e. The molecule has 1 aliphatic rings. The number of hydrogen-bond acceptors (Lipinski definition) is 1.